The normalized spacial score (nSPS) is 10.0. The van der Waals surface area contributed by atoms with Gasteiger partial charge in [-0.1, -0.05) is 0 Å². The number of hydrogen-bond donors (Lipinski definition) is 7. The molecule has 14 heavy (non-hydrogen) atoms. The SMILES string of the molecule is N=C(N)N.O=S(=O)(O)O.O=S(=O)(O)O. The van der Waals surface area contributed by atoms with Crippen LogP contribution in [-0.2, 0) is 20.8 Å². The lowest BCUT2D eigenvalue weighted by molar-refractivity contribution is 0.378. The predicted octanol–water partition coefficient (Wildman–Crippen LogP) is -2.47. The Balaban J connectivity index is -0.000000131. The van der Waals surface area contributed by atoms with Gasteiger partial charge in [-0.05, 0) is 0 Å². The van der Waals surface area contributed by atoms with E-state index in [4.69, 9.17) is 40.5 Å². The lowest BCUT2D eigenvalue weighted by atomic mass is 11.1. The van der Waals surface area contributed by atoms with Crippen LogP contribution in [0.3, 0.4) is 0 Å². The van der Waals surface area contributed by atoms with Crippen molar-refractivity contribution in [3.63, 3.8) is 0 Å². The fourth-order valence-corrected chi connectivity index (χ4v) is 0. The van der Waals surface area contributed by atoms with Gasteiger partial charge in [-0.2, -0.15) is 16.8 Å². The highest BCUT2D eigenvalue weighted by molar-refractivity contribution is 7.80. The molecule has 0 saturated heterocycles. The van der Waals surface area contributed by atoms with Gasteiger partial charge >= 0.3 is 20.8 Å². The van der Waals surface area contributed by atoms with Gasteiger partial charge in [0.2, 0.25) is 0 Å². The zero-order valence-electron chi connectivity index (χ0n) is 6.39. The molecule has 0 aromatic rings. The zero-order chi connectivity index (χ0) is 12.6. The molecular weight excluding hydrogens is 246 g/mol. The summed E-state index contributed by atoms with van der Waals surface area (Å²) >= 11 is 0. The van der Waals surface area contributed by atoms with E-state index in [2.05, 4.69) is 11.5 Å². The lowest BCUT2D eigenvalue weighted by Gasteiger charge is -1.69. The molecule has 0 aliphatic rings. The Morgan fingerprint density at radius 3 is 0.857 bits per heavy atom. The van der Waals surface area contributed by atoms with Gasteiger partial charge in [-0.25, -0.2) is 0 Å². The van der Waals surface area contributed by atoms with Crippen LogP contribution in [-0.4, -0.2) is 41.0 Å². The molecule has 9 N–H and O–H groups in total. The lowest BCUT2D eigenvalue weighted by Crippen LogP contribution is -2.20. The average molecular weight is 255 g/mol. The fourth-order valence-electron chi connectivity index (χ4n) is 0. The van der Waals surface area contributed by atoms with Crippen molar-refractivity contribution in [2.75, 3.05) is 0 Å². The molecule has 0 amide bonds. The van der Waals surface area contributed by atoms with Crippen LogP contribution in [0.2, 0.25) is 0 Å². The van der Waals surface area contributed by atoms with Crippen LogP contribution in [0, 0.1) is 5.41 Å². The molecular formula is CH9N3O8S2. The van der Waals surface area contributed by atoms with Gasteiger partial charge in [-0.3, -0.25) is 23.6 Å². The third-order valence-corrected chi connectivity index (χ3v) is 0. The molecule has 0 radical (unpaired) electrons. The first-order valence-electron chi connectivity index (χ1n) is 2.22. The summed E-state index contributed by atoms with van der Waals surface area (Å²) in [7, 11) is -9.33. The Bertz CT molecular complexity index is 289. The molecule has 88 valence electrons. The highest BCUT2D eigenvalue weighted by Crippen LogP contribution is 1.59. The van der Waals surface area contributed by atoms with E-state index in [1.807, 2.05) is 0 Å². The third kappa shape index (κ3) is 1130. The molecule has 0 spiro atoms. The highest BCUT2D eigenvalue weighted by Gasteiger charge is 1.85. The number of rotatable bonds is 0. The molecule has 0 saturated carbocycles. The monoisotopic (exact) mass is 255 g/mol. The highest BCUT2D eigenvalue weighted by atomic mass is 32.3. The Labute approximate surface area is 79.4 Å². The number of nitrogens with two attached hydrogens (primary N) is 2. The molecule has 0 rings (SSSR count). The molecule has 0 aromatic heterocycles. The fraction of sp³-hybridized carbons (Fsp3) is 0. The maximum absolute atomic E-state index is 8.74. The summed E-state index contributed by atoms with van der Waals surface area (Å²) in [5.74, 6) is -0.333. The standard InChI is InChI=1S/CH5N3.2H2O4S/c2-1(3)4;2*1-5(2,3)4/h(H5,2,3,4);2*(H2,1,2,3,4). The van der Waals surface area contributed by atoms with Crippen molar-refractivity contribution >= 4 is 26.8 Å². The summed E-state index contributed by atoms with van der Waals surface area (Å²) in [6.07, 6.45) is 0. The molecule has 0 aliphatic carbocycles. The van der Waals surface area contributed by atoms with Crippen molar-refractivity contribution in [1.29, 1.82) is 5.41 Å². The van der Waals surface area contributed by atoms with Gasteiger partial charge in [0.15, 0.2) is 5.96 Å². The largest absolute Gasteiger partial charge is 0.394 e. The maximum Gasteiger partial charge on any atom is 0.394 e. The second-order valence-electron chi connectivity index (χ2n) is 1.35. The molecule has 0 aromatic carbocycles. The first-order chi connectivity index (χ1) is 5.73. The first kappa shape index (κ1) is 18.7. The minimum Gasteiger partial charge on any atom is -0.370 e. The summed E-state index contributed by atoms with van der Waals surface area (Å²) in [4.78, 5) is 0. The molecule has 0 bridgehead atoms. The van der Waals surface area contributed by atoms with E-state index in [-0.39, 0.29) is 5.96 Å². The number of nitrogens with one attached hydrogen (secondary N) is 1. The van der Waals surface area contributed by atoms with Crippen molar-refractivity contribution in [3.8, 4) is 0 Å². The average Bonchev–Trinajstić information content (AvgIpc) is 1.45. The van der Waals surface area contributed by atoms with Crippen molar-refractivity contribution < 1.29 is 35.0 Å². The smallest absolute Gasteiger partial charge is 0.370 e. The van der Waals surface area contributed by atoms with Gasteiger partial charge in [0.1, 0.15) is 0 Å². The van der Waals surface area contributed by atoms with Crippen molar-refractivity contribution in [3.05, 3.63) is 0 Å². The second kappa shape index (κ2) is 7.42. The van der Waals surface area contributed by atoms with E-state index in [0.29, 0.717) is 0 Å². The maximum atomic E-state index is 8.74. The van der Waals surface area contributed by atoms with E-state index in [9.17, 15) is 0 Å². The summed E-state index contributed by atoms with van der Waals surface area (Å²) in [5, 5.41) is 6.06. The molecule has 0 unspecified atom stereocenters. The molecule has 0 atom stereocenters. The van der Waals surface area contributed by atoms with Gasteiger partial charge in [-0.15, -0.1) is 0 Å². The Morgan fingerprint density at radius 1 is 0.857 bits per heavy atom. The number of hydrogen-bond acceptors (Lipinski definition) is 5. The van der Waals surface area contributed by atoms with E-state index >= 15 is 0 Å². The number of guanidine groups is 1. The molecule has 0 aliphatic heterocycles. The van der Waals surface area contributed by atoms with Crippen LogP contribution >= 0.6 is 0 Å². The predicted molar refractivity (Wildman–Crippen MR) is 44.5 cm³/mol. The summed E-state index contributed by atoms with van der Waals surface area (Å²) in [6, 6.07) is 0. The van der Waals surface area contributed by atoms with E-state index in [1.54, 1.807) is 0 Å². The minimum absolute atomic E-state index is 0.333. The van der Waals surface area contributed by atoms with Crippen LogP contribution in [0.5, 0.6) is 0 Å². The second-order valence-corrected chi connectivity index (χ2v) is 3.14. The van der Waals surface area contributed by atoms with Crippen molar-refractivity contribution in [1.82, 2.24) is 0 Å². The molecule has 13 heteroatoms. The summed E-state index contributed by atoms with van der Waals surface area (Å²) < 4.78 is 63.2. The van der Waals surface area contributed by atoms with Crippen molar-refractivity contribution in [2.45, 2.75) is 0 Å². The van der Waals surface area contributed by atoms with E-state index in [1.165, 1.54) is 0 Å². The summed E-state index contributed by atoms with van der Waals surface area (Å²) in [5.41, 5.74) is 8.94. The first-order valence-corrected chi connectivity index (χ1v) is 5.02. The van der Waals surface area contributed by atoms with Crippen LogP contribution in [0.4, 0.5) is 0 Å². The topological polar surface area (TPSA) is 225 Å². The van der Waals surface area contributed by atoms with Gasteiger partial charge in [0, 0.05) is 0 Å². The van der Waals surface area contributed by atoms with E-state index < -0.39 is 20.8 Å². The third-order valence-electron chi connectivity index (χ3n) is 0. The minimum atomic E-state index is -4.67. The zero-order valence-corrected chi connectivity index (χ0v) is 8.03. The summed E-state index contributed by atoms with van der Waals surface area (Å²) in [6.45, 7) is 0. The quantitative estimate of drug-likeness (QED) is 0.137. The van der Waals surface area contributed by atoms with Crippen molar-refractivity contribution in [2.24, 2.45) is 11.5 Å². The van der Waals surface area contributed by atoms with E-state index in [0.717, 1.165) is 0 Å². The van der Waals surface area contributed by atoms with Crippen LogP contribution < -0.4 is 11.5 Å². The molecule has 0 heterocycles. The molecule has 11 nitrogen and oxygen atoms in total. The Morgan fingerprint density at radius 2 is 0.857 bits per heavy atom. The van der Waals surface area contributed by atoms with Crippen LogP contribution in [0.1, 0.15) is 0 Å². The van der Waals surface area contributed by atoms with Gasteiger partial charge < -0.3 is 11.5 Å². The Hall–Kier alpha value is -0.990. The van der Waals surface area contributed by atoms with Gasteiger partial charge in [0.25, 0.3) is 0 Å². The Kier molecular flexibility index (Phi) is 9.92. The van der Waals surface area contributed by atoms with Crippen LogP contribution in [0.25, 0.3) is 0 Å². The van der Waals surface area contributed by atoms with Gasteiger partial charge in [0.05, 0.1) is 0 Å². The van der Waals surface area contributed by atoms with Crippen LogP contribution in [0.15, 0.2) is 0 Å². The molecule has 0 fully saturated rings.